The van der Waals surface area contributed by atoms with Crippen LogP contribution in [0.15, 0.2) is 24.4 Å². The highest BCUT2D eigenvalue weighted by Gasteiger charge is 2.18. The van der Waals surface area contributed by atoms with Gasteiger partial charge in [0.15, 0.2) is 5.78 Å². The van der Waals surface area contributed by atoms with Crippen LogP contribution in [0.5, 0.6) is 0 Å². The highest BCUT2D eigenvalue weighted by molar-refractivity contribution is 6.31. The van der Waals surface area contributed by atoms with Gasteiger partial charge in [-0.3, -0.25) is 4.79 Å². The van der Waals surface area contributed by atoms with E-state index < -0.39 is 0 Å². The SMILES string of the molecule is O=C(CCC1CCCC1)c1c[nH]c2ccc(Cl)cc12. The number of hydrogen-bond donors (Lipinski definition) is 1. The van der Waals surface area contributed by atoms with Crippen LogP contribution in [0.4, 0.5) is 0 Å². The number of rotatable bonds is 4. The van der Waals surface area contributed by atoms with Gasteiger partial charge in [0.2, 0.25) is 0 Å². The van der Waals surface area contributed by atoms with Gasteiger partial charge in [-0.25, -0.2) is 0 Å². The molecule has 19 heavy (non-hydrogen) atoms. The third kappa shape index (κ3) is 2.69. The predicted molar refractivity (Wildman–Crippen MR) is 78.8 cm³/mol. The fourth-order valence-corrected chi connectivity index (χ4v) is 3.26. The van der Waals surface area contributed by atoms with Gasteiger partial charge in [-0.2, -0.15) is 0 Å². The van der Waals surface area contributed by atoms with Gasteiger partial charge in [-0.1, -0.05) is 37.3 Å². The molecule has 3 heteroatoms. The lowest BCUT2D eigenvalue weighted by molar-refractivity contribution is 0.0975. The Morgan fingerprint density at radius 3 is 2.89 bits per heavy atom. The third-order valence-electron chi connectivity index (χ3n) is 4.20. The van der Waals surface area contributed by atoms with Crippen LogP contribution in [0.25, 0.3) is 10.9 Å². The van der Waals surface area contributed by atoms with Gasteiger partial charge in [0.1, 0.15) is 0 Å². The Balaban J connectivity index is 1.75. The molecule has 0 radical (unpaired) electrons. The first-order valence-corrected chi connectivity index (χ1v) is 7.41. The Kier molecular flexibility index (Phi) is 3.61. The lowest BCUT2D eigenvalue weighted by Crippen LogP contribution is -2.02. The van der Waals surface area contributed by atoms with Crippen LogP contribution in [0, 0.1) is 5.92 Å². The van der Waals surface area contributed by atoms with Crippen LogP contribution in [0.1, 0.15) is 48.9 Å². The van der Waals surface area contributed by atoms with Crippen molar-refractivity contribution in [3.63, 3.8) is 0 Å². The molecule has 1 aliphatic carbocycles. The Bertz CT molecular complexity index is 596. The van der Waals surface area contributed by atoms with Crippen LogP contribution in [-0.4, -0.2) is 10.8 Å². The molecule has 0 unspecified atom stereocenters. The number of Topliss-reactive ketones (excluding diaryl/α,β-unsaturated/α-hetero) is 1. The van der Waals surface area contributed by atoms with E-state index in [0.717, 1.165) is 28.8 Å². The van der Waals surface area contributed by atoms with E-state index in [4.69, 9.17) is 11.6 Å². The number of ketones is 1. The van der Waals surface area contributed by atoms with Gasteiger partial charge in [0.05, 0.1) is 0 Å². The van der Waals surface area contributed by atoms with E-state index >= 15 is 0 Å². The zero-order valence-electron chi connectivity index (χ0n) is 10.9. The number of nitrogens with one attached hydrogen (secondary N) is 1. The molecule has 0 aliphatic heterocycles. The minimum absolute atomic E-state index is 0.236. The summed E-state index contributed by atoms with van der Waals surface area (Å²) in [5, 5.41) is 1.63. The van der Waals surface area contributed by atoms with E-state index in [1.165, 1.54) is 25.7 Å². The number of aromatic nitrogens is 1. The summed E-state index contributed by atoms with van der Waals surface area (Å²) in [5.74, 6) is 0.998. The first-order chi connectivity index (χ1) is 9.24. The van der Waals surface area contributed by atoms with Crippen LogP contribution >= 0.6 is 11.6 Å². The smallest absolute Gasteiger partial charge is 0.165 e. The van der Waals surface area contributed by atoms with E-state index in [1.807, 2.05) is 24.4 Å². The Hall–Kier alpha value is -1.28. The number of H-pyrrole nitrogens is 1. The molecular formula is C16H18ClNO. The highest BCUT2D eigenvalue weighted by atomic mass is 35.5. The minimum Gasteiger partial charge on any atom is -0.360 e. The largest absolute Gasteiger partial charge is 0.360 e. The number of hydrogen-bond acceptors (Lipinski definition) is 1. The summed E-state index contributed by atoms with van der Waals surface area (Å²) in [6.07, 6.45) is 8.78. The number of halogens is 1. The van der Waals surface area contributed by atoms with Crippen molar-refractivity contribution in [2.45, 2.75) is 38.5 Å². The molecule has 100 valence electrons. The summed E-state index contributed by atoms with van der Waals surface area (Å²) in [6.45, 7) is 0. The molecule has 2 aromatic rings. The number of aromatic amines is 1. The molecule has 2 nitrogen and oxygen atoms in total. The maximum Gasteiger partial charge on any atom is 0.165 e. The van der Waals surface area contributed by atoms with Gasteiger partial charge in [-0.15, -0.1) is 0 Å². The molecule has 1 aromatic carbocycles. The van der Waals surface area contributed by atoms with Gasteiger partial charge >= 0.3 is 0 Å². The zero-order valence-corrected chi connectivity index (χ0v) is 11.7. The molecule has 1 aromatic heterocycles. The molecule has 0 saturated heterocycles. The Labute approximate surface area is 118 Å². The second-order valence-corrected chi connectivity index (χ2v) is 5.94. The van der Waals surface area contributed by atoms with Crippen molar-refractivity contribution in [1.82, 2.24) is 4.98 Å². The number of fused-ring (bicyclic) bond motifs is 1. The fourth-order valence-electron chi connectivity index (χ4n) is 3.09. The first-order valence-electron chi connectivity index (χ1n) is 7.04. The van der Waals surface area contributed by atoms with Crippen molar-refractivity contribution in [2.24, 2.45) is 5.92 Å². The number of carbonyl (C=O) groups is 1. The summed E-state index contributed by atoms with van der Waals surface area (Å²) < 4.78 is 0. The van der Waals surface area contributed by atoms with Gasteiger partial charge in [-0.05, 0) is 30.5 Å². The van der Waals surface area contributed by atoms with E-state index in [2.05, 4.69) is 4.98 Å². The monoisotopic (exact) mass is 275 g/mol. The fraction of sp³-hybridized carbons (Fsp3) is 0.438. The lowest BCUT2D eigenvalue weighted by atomic mass is 9.97. The van der Waals surface area contributed by atoms with Crippen LogP contribution in [0.2, 0.25) is 5.02 Å². The van der Waals surface area contributed by atoms with Crippen molar-refractivity contribution in [2.75, 3.05) is 0 Å². The van der Waals surface area contributed by atoms with Gasteiger partial charge < -0.3 is 4.98 Å². The molecule has 1 saturated carbocycles. The lowest BCUT2D eigenvalue weighted by Gasteiger charge is -2.07. The second-order valence-electron chi connectivity index (χ2n) is 5.50. The normalized spacial score (nSPS) is 16.3. The number of carbonyl (C=O) groups excluding carboxylic acids is 1. The summed E-state index contributed by atoms with van der Waals surface area (Å²) in [7, 11) is 0. The highest BCUT2D eigenvalue weighted by Crippen LogP contribution is 2.30. The summed E-state index contributed by atoms with van der Waals surface area (Å²) in [4.78, 5) is 15.5. The zero-order chi connectivity index (χ0) is 13.2. The van der Waals surface area contributed by atoms with Crippen molar-refractivity contribution in [3.05, 3.63) is 35.0 Å². The minimum atomic E-state index is 0.236. The van der Waals surface area contributed by atoms with E-state index in [1.54, 1.807) is 0 Å². The molecule has 1 fully saturated rings. The van der Waals surface area contributed by atoms with Crippen molar-refractivity contribution in [3.8, 4) is 0 Å². The second kappa shape index (κ2) is 5.38. The molecule has 3 rings (SSSR count). The van der Waals surface area contributed by atoms with Crippen LogP contribution in [0.3, 0.4) is 0 Å². The van der Waals surface area contributed by atoms with Crippen molar-refractivity contribution >= 4 is 28.3 Å². The maximum atomic E-state index is 12.3. The van der Waals surface area contributed by atoms with Crippen LogP contribution in [-0.2, 0) is 0 Å². The average molecular weight is 276 g/mol. The molecule has 0 bridgehead atoms. The molecule has 1 aliphatic rings. The summed E-state index contributed by atoms with van der Waals surface area (Å²) in [5.41, 5.74) is 1.77. The maximum absolute atomic E-state index is 12.3. The Morgan fingerprint density at radius 1 is 1.32 bits per heavy atom. The molecule has 1 N–H and O–H groups in total. The van der Waals surface area contributed by atoms with Gasteiger partial charge in [0, 0.05) is 34.1 Å². The van der Waals surface area contributed by atoms with Crippen molar-refractivity contribution < 1.29 is 4.79 Å². The van der Waals surface area contributed by atoms with Crippen molar-refractivity contribution in [1.29, 1.82) is 0 Å². The summed E-state index contributed by atoms with van der Waals surface area (Å²) in [6, 6.07) is 5.63. The average Bonchev–Trinajstić information content (AvgIpc) is 3.04. The van der Waals surface area contributed by atoms with Gasteiger partial charge in [0.25, 0.3) is 0 Å². The quantitative estimate of drug-likeness (QED) is 0.785. The molecular weight excluding hydrogens is 258 g/mol. The Morgan fingerprint density at radius 2 is 2.11 bits per heavy atom. The predicted octanol–water partition coefficient (Wildman–Crippen LogP) is 4.97. The van der Waals surface area contributed by atoms with E-state index in [9.17, 15) is 4.79 Å². The summed E-state index contributed by atoms with van der Waals surface area (Å²) >= 11 is 6.01. The molecule has 0 atom stereocenters. The molecule has 1 heterocycles. The standard InChI is InChI=1S/C16H18ClNO/c17-12-6-7-15-13(9-12)14(10-18-15)16(19)8-5-11-3-1-2-4-11/h6-7,9-11,18H,1-5,8H2. The topological polar surface area (TPSA) is 32.9 Å². The number of benzene rings is 1. The van der Waals surface area contributed by atoms with E-state index in [0.29, 0.717) is 11.4 Å². The molecule has 0 spiro atoms. The third-order valence-corrected chi connectivity index (χ3v) is 4.43. The first kappa shape index (κ1) is 12.7. The van der Waals surface area contributed by atoms with E-state index in [-0.39, 0.29) is 5.78 Å². The molecule has 0 amide bonds. The van der Waals surface area contributed by atoms with Crippen LogP contribution < -0.4 is 0 Å².